The van der Waals surface area contributed by atoms with Crippen molar-refractivity contribution in [2.24, 2.45) is 0 Å². The molecule has 2 aliphatic rings. The van der Waals surface area contributed by atoms with Crippen molar-refractivity contribution >= 4 is 46.6 Å². The molecule has 2 N–H and O–H groups in total. The smallest absolute Gasteiger partial charge is 0.323 e. The topological polar surface area (TPSA) is 104 Å². The van der Waals surface area contributed by atoms with Gasteiger partial charge in [0.15, 0.2) is 0 Å². The number of urea groups is 1. The van der Waals surface area contributed by atoms with Crippen LogP contribution in [0.15, 0.2) is 36.5 Å². The van der Waals surface area contributed by atoms with Gasteiger partial charge in [-0.25, -0.2) is 14.2 Å². The molecule has 2 unspecified atom stereocenters. The molecule has 32 heavy (non-hydrogen) atoms. The number of likely N-dealkylation sites (tertiary alicyclic amines) is 1. The number of rotatable bonds is 5. The number of anilines is 3. The first-order chi connectivity index (χ1) is 15.4. The molecular weight excluding hydrogens is 441 g/mol. The first-order valence-electron chi connectivity index (χ1n) is 9.98. The van der Waals surface area contributed by atoms with Crippen LogP contribution in [-0.2, 0) is 14.3 Å². The highest BCUT2D eigenvalue weighted by molar-refractivity contribution is 6.30. The summed E-state index contributed by atoms with van der Waals surface area (Å²) in [6, 6.07) is 5.89. The highest BCUT2D eigenvalue weighted by Crippen LogP contribution is 2.28. The van der Waals surface area contributed by atoms with E-state index in [0.717, 1.165) is 0 Å². The maximum Gasteiger partial charge on any atom is 0.323 e. The van der Waals surface area contributed by atoms with Crippen molar-refractivity contribution in [1.29, 1.82) is 0 Å². The van der Waals surface area contributed by atoms with E-state index in [0.29, 0.717) is 23.7 Å². The molecule has 11 heteroatoms. The lowest BCUT2D eigenvalue weighted by Gasteiger charge is -2.30. The van der Waals surface area contributed by atoms with Gasteiger partial charge in [0, 0.05) is 44.9 Å². The summed E-state index contributed by atoms with van der Waals surface area (Å²) >= 11 is 5.81. The van der Waals surface area contributed by atoms with Gasteiger partial charge in [-0.2, -0.15) is 0 Å². The Kier molecular flexibility index (Phi) is 6.24. The van der Waals surface area contributed by atoms with E-state index in [1.807, 2.05) is 0 Å². The number of nitrogens with one attached hydrogen (secondary N) is 2. The van der Waals surface area contributed by atoms with E-state index < -0.39 is 23.8 Å². The molecule has 0 bridgehead atoms. The summed E-state index contributed by atoms with van der Waals surface area (Å²) in [5, 5.41) is 5.59. The first-order valence-corrected chi connectivity index (χ1v) is 10.4. The molecular formula is C21H21ClFN5O4. The summed E-state index contributed by atoms with van der Waals surface area (Å²) in [4.78, 5) is 44.1. The molecule has 0 aliphatic carbocycles. The van der Waals surface area contributed by atoms with E-state index >= 15 is 0 Å². The van der Waals surface area contributed by atoms with Gasteiger partial charge in [-0.1, -0.05) is 11.6 Å². The highest BCUT2D eigenvalue weighted by atomic mass is 35.5. The van der Waals surface area contributed by atoms with Crippen molar-refractivity contribution in [3.63, 3.8) is 0 Å². The lowest BCUT2D eigenvalue weighted by Crippen LogP contribution is -2.45. The molecule has 9 nitrogen and oxygen atoms in total. The number of nitrogens with zero attached hydrogens (tertiary/aromatic N) is 3. The van der Waals surface area contributed by atoms with Crippen LogP contribution < -0.4 is 15.5 Å². The largest absolute Gasteiger partial charge is 0.380 e. The molecule has 0 radical (unpaired) electrons. The van der Waals surface area contributed by atoms with Crippen LogP contribution in [0.4, 0.5) is 26.4 Å². The summed E-state index contributed by atoms with van der Waals surface area (Å²) in [5.74, 6) is -1.01. The molecule has 0 spiro atoms. The van der Waals surface area contributed by atoms with Crippen LogP contribution in [0.25, 0.3) is 0 Å². The van der Waals surface area contributed by atoms with Crippen LogP contribution in [0.1, 0.15) is 12.8 Å². The number of benzene rings is 1. The molecule has 2 aromatic rings. The fourth-order valence-corrected chi connectivity index (χ4v) is 3.76. The standard InChI is InChI=1S/C21H21ClFN5O4/c1-32-14-9-17(28(11-14)21(31)26-18-5-2-12(22)10-24-18)20(30)25-16-4-3-13(8-15(16)23)27-7-6-19(27)29/h2-5,8,10,14,17H,6-7,9,11H2,1H3,(H,25,30)(H,24,26,31). The van der Waals surface area contributed by atoms with E-state index in [1.54, 1.807) is 18.2 Å². The molecule has 4 amide bonds. The van der Waals surface area contributed by atoms with Crippen LogP contribution in [0.2, 0.25) is 5.02 Å². The zero-order valence-electron chi connectivity index (χ0n) is 17.2. The summed E-state index contributed by atoms with van der Waals surface area (Å²) in [5.41, 5.74) is 0.404. The molecule has 3 heterocycles. The predicted octanol–water partition coefficient (Wildman–Crippen LogP) is 2.87. The maximum atomic E-state index is 14.6. The van der Waals surface area contributed by atoms with Crippen molar-refractivity contribution in [2.45, 2.75) is 25.0 Å². The summed E-state index contributed by atoms with van der Waals surface area (Å²) in [6.45, 7) is 0.726. The van der Waals surface area contributed by atoms with E-state index in [4.69, 9.17) is 16.3 Å². The number of hydrogen-bond donors (Lipinski definition) is 2. The van der Waals surface area contributed by atoms with Gasteiger partial charge in [0.05, 0.1) is 16.8 Å². The summed E-state index contributed by atoms with van der Waals surface area (Å²) in [6.07, 6.45) is 1.74. The van der Waals surface area contributed by atoms with Gasteiger partial charge in [0.1, 0.15) is 17.7 Å². The molecule has 1 aromatic carbocycles. The van der Waals surface area contributed by atoms with Gasteiger partial charge in [-0.3, -0.25) is 14.9 Å². The lowest BCUT2D eigenvalue weighted by molar-refractivity contribution is -0.122. The Hall–Kier alpha value is -3.24. The van der Waals surface area contributed by atoms with E-state index in [2.05, 4.69) is 15.6 Å². The SMILES string of the molecule is COC1CC(C(=O)Nc2ccc(N3CCC3=O)cc2F)N(C(=O)Nc2ccc(Cl)cn2)C1. The van der Waals surface area contributed by atoms with Gasteiger partial charge in [-0.05, 0) is 30.3 Å². The minimum absolute atomic E-state index is 0.0349. The molecule has 168 valence electrons. The highest BCUT2D eigenvalue weighted by Gasteiger charge is 2.40. The number of methoxy groups -OCH3 is 1. The third-order valence-electron chi connectivity index (χ3n) is 5.49. The normalized spacial score (nSPS) is 20.2. The van der Waals surface area contributed by atoms with Crippen molar-refractivity contribution < 1.29 is 23.5 Å². The number of carbonyl (C=O) groups is 3. The Morgan fingerprint density at radius 1 is 1.25 bits per heavy atom. The van der Waals surface area contributed by atoms with E-state index in [9.17, 15) is 18.8 Å². The summed E-state index contributed by atoms with van der Waals surface area (Å²) < 4.78 is 19.9. The minimum Gasteiger partial charge on any atom is -0.380 e. The summed E-state index contributed by atoms with van der Waals surface area (Å²) in [7, 11) is 1.50. The Balaban J connectivity index is 1.46. The van der Waals surface area contributed by atoms with Crippen molar-refractivity contribution in [2.75, 3.05) is 35.7 Å². The van der Waals surface area contributed by atoms with Crippen LogP contribution >= 0.6 is 11.6 Å². The molecule has 4 rings (SSSR count). The molecule has 2 saturated heterocycles. The Morgan fingerprint density at radius 3 is 2.66 bits per heavy atom. The van der Waals surface area contributed by atoms with E-state index in [-0.39, 0.29) is 36.5 Å². The molecule has 1 aromatic heterocycles. The number of halogens is 2. The fraction of sp³-hybridized carbons (Fsp3) is 0.333. The monoisotopic (exact) mass is 461 g/mol. The number of amides is 4. The Morgan fingerprint density at radius 2 is 2.06 bits per heavy atom. The van der Waals surface area contributed by atoms with Gasteiger partial charge in [0.2, 0.25) is 11.8 Å². The average molecular weight is 462 g/mol. The van der Waals surface area contributed by atoms with Crippen molar-refractivity contribution in [3.8, 4) is 0 Å². The number of carbonyl (C=O) groups excluding carboxylic acids is 3. The van der Waals surface area contributed by atoms with Gasteiger partial charge in [0.25, 0.3) is 0 Å². The first kappa shape index (κ1) is 22.0. The van der Waals surface area contributed by atoms with Crippen LogP contribution in [0, 0.1) is 5.82 Å². The zero-order valence-corrected chi connectivity index (χ0v) is 17.9. The van der Waals surface area contributed by atoms with E-state index in [1.165, 1.54) is 35.2 Å². The van der Waals surface area contributed by atoms with Gasteiger partial charge < -0.3 is 19.9 Å². The molecule has 0 saturated carbocycles. The molecule has 2 fully saturated rings. The Bertz CT molecular complexity index is 1050. The Labute approximate surface area is 188 Å². The fourth-order valence-electron chi connectivity index (χ4n) is 3.65. The minimum atomic E-state index is -0.872. The second-order valence-electron chi connectivity index (χ2n) is 7.50. The van der Waals surface area contributed by atoms with Crippen molar-refractivity contribution in [1.82, 2.24) is 9.88 Å². The lowest BCUT2D eigenvalue weighted by atomic mass is 10.1. The predicted molar refractivity (Wildman–Crippen MR) is 116 cm³/mol. The second-order valence-corrected chi connectivity index (χ2v) is 7.94. The van der Waals surface area contributed by atoms with Crippen molar-refractivity contribution in [3.05, 3.63) is 47.4 Å². The second kappa shape index (κ2) is 9.09. The van der Waals surface area contributed by atoms with Gasteiger partial charge in [-0.15, -0.1) is 0 Å². The zero-order chi connectivity index (χ0) is 22.8. The number of β-lactam (4-membered cyclic amide) rings is 1. The number of hydrogen-bond acceptors (Lipinski definition) is 5. The number of aromatic nitrogens is 1. The number of pyridine rings is 1. The van der Waals surface area contributed by atoms with Crippen LogP contribution in [0.3, 0.4) is 0 Å². The third kappa shape index (κ3) is 4.51. The average Bonchev–Trinajstić information content (AvgIpc) is 3.21. The van der Waals surface area contributed by atoms with Crippen LogP contribution in [0.5, 0.6) is 0 Å². The maximum absolute atomic E-state index is 14.6. The quantitative estimate of drug-likeness (QED) is 0.666. The van der Waals surface area contributed by atoms with Gasteiger partial charge >= 0.3 is 6.03 Å². The molecule has 2 atom stereocenters. The third-order valence-corrected chi connectivity index (χ3v) is 5.72. The van der Waals surface area contributed by atoms with Crippen LogP contribution in [-0.4, -0.2) is 60.1 Å². The number of ether oxygens (including phenoxy) is 1. The molecule has 2 aliphatic heterocycles.